The number of hydrogen-bond donors (Lipinski definition) is 3. The van der Waals surface area contributed by atoms with Gasteiger partial charge in [-0.05, 0) is 17.7 Å². The van der Waals surface area contributed by atoms with Crippen LogP contribution in [0.15, 0.2) is 54.6 Å². The van der Waals surface area contributed by atoms with Crippen molar-refractivity contribution in [3.63, 3.8) is 0 Å². The monoisotopic (exact) mass is 241 g/mol. The summed E-state index contributed by atoms with van der Waals surface area (Å²) in [4.78, 5) is 11.6. The van der Waals surface area contributed by atoms with Crippen LogP contribution in [0.4, 0.5) is 5.69 Å². The first-order valence-electron chi connectivity index (χ1n) is 5.69. The van der Waals surface area contributed by atoms with Crippen LogP contribution in [0.5, 0.6) is 0 Å². The van der Waals surface area contributed by atoms with Gasteiger partial charge in [-0.2, -0.15) is 0 Å². The van der Waals surface area contributed by atoms with Crippen molar-refractivity contribution in [1.82, 2.24) is 5.43 Å². The number of anilines is 1. The van der Waals surface area contributed by atoms with E-state index < -0.39 is 0 Å². The predicted molar refractivity (Wildman–Crippen MR) is 71.9 cm³/mol. The van der Waals surface area contributed by atoms with E-state index in [1.807, 2.05) is 42.5 Å². The smallest absolute Gasteiger partial charge is 0.267 e. The second kappa shape index (κ2) is 5.84. The number of nitrogens with two attached hydrogens (primary N) is 1. The SMILES string of the molecule is NNC(=O)c1ccccc1NCc1ccccc1. The van der Waals surface area contributed by atoms with Crippen molar-refractivity contribution in [2.75, 3.05) is 5.32 Å². The second-order valence-corrected chi connectivity index (χ2v) is 3.86. The second-order valence-electron chi connectivity index (χ2n) is 3.86. The molecule has 0 atom stereocenters. The number of hydrogen-bond acceptors (Lipinski definition) is 3. The fourth-order valence-electron chi connectivity index (χ4n) is 1.71. The maximum atomic E-state index is 11.6. The third kappa shape index (κ3) is 2.87. The van der Waals surface area contributed by atoms with E-state index in [1.165, 1.54) is 0 Å². The molecular formula is C14H15N3O. The summed E-state index contributed by atoms with van der Waals surface area (Å²) in [7, 11) is 0. The van der Waals surface area contributed by atoms with E-state index in [-0.39, 0.29) is 5.91 Å². The molecule has 0 saturated heterocycles. The van der Waals surface area contributed by atoms with Crippen LogP contribution in [0, 0.1) is 0 Å². The Balaban J connectivity index is 2.12. The molecule has 4 N–H and O–H groups in total. The van der Waals surface area contributed by atoms with E-state index in [9.17, 15) is 4.79 Å². The summed E-state index contributed by atoms with van der Waals surface area (Å²) in [5.41, 5.74) is 4.60. The van der Waals surface area contributed by atoms with Crippen LogP contribution in [-0.2, 0) is 6.54 Å². The zero-order chi connectivity index (χ0) is 12.8. The summed E-state index contributed by atoms with van der Waals surface area (Å²) in [6.07, 6.45) is 0. The van der Waals surface area contributed by atoms with Crippen LogP contribution in [0.25, 0.3) is 0 Å². The average molecular weight is 241 g/mol. The molecule has 1 amide bonds. The molecule has 0 saturated carbocycles. The van der Waals surface area contributed by atoms with Crippen LogP contribution in [0.3, 0.4) is 0 Å². The van der Waals surface area contributed by atoms with Crippen LogP contribution < -0.4 is 16.6 Å². The van der Waals surface area contributed by atoms with Crippen LogP contribution in [0.2, 0.25) is 0 Å². The highest BCUT2D eigenvalue weighted by Crippen LogP contribution is 2.15. The Morgan fingerprint density at radius 2 is 1.67 bits per heavy atom. The lowest BCUT2D eigenvalue weighted by Crippen LogP contribution is -2.30. The van der Waals surface area contributed by atoms with Gasteiger partial charge in [-0.25, -0.2) is 5.84 Å². The zero-order valence-corrected chi connectivity index (χ0v) is 9.89. The van der Waals surface area contributed by atoms with Crippen molar-refractivity contribution < 1.29 is 4.79 Å². The van der Waals surface area contributed by atoms with Crippen molar-refractivity contribution >= 4 is 11.6 Å². The lowest BCUT2D eigenvalue weighted by atomic mass is 10.1. The summed E-state index contributed by atoms with van der Waals surface area (Å²) in [6, 6.07) is 17.3. The third-order valence-electron chi connectivity index (χ3n) is 2.63. The molecule has 2 rings (SSSR count). The molecule has 92 valence electrons. The standard InChI is InChI=1S/C14H15N3O/c15-17-14(18)12-8-4-5-9-13(12)16-10-11-6-2-1-3-7-11/h1-9,16H,10,15H2,(H,17,18). The van der Waals surface area contributed by atoms with Gasteiger partial charge < -0.3 is 5.32 Å². The van der Waals surface area contributed by atoms with Gasteiger partial charge in [-0.1, -0.05) is 42.5 Å². The van der Waals surface area contributed by atoms with Gasteiger partial charge >= 0.3 is 0 Å². The Labute approximate surface area is 106 Å². The van der Waals surface area contributed by atoms with Crippen molar-refractivity contribution in [3.8, 4) is 0 Å². The molecule has 0 aliphatic rings. The molecule has 2 aromatic rings. The van der Waals surface area contributed by atoms with Gasteiger partial charge in [0, 0.05) is 12.2 Å². The Bertz CT molecular complexity index is 526. The van der Waals surface area contributed by atoms with Crippen LogP contribution in [-0.4, -0.2) is 5.91 Å². The van der Waals surface area contributed by atoms with Gasteiger partial charge in [-0.15, -0.1) is 0 Å². The minimum atomic E-state index is -0.300. The molecule has 0 bridgehead atoms. The molecule has 0 heterocycles. The maximum Gasteiger partial charge on any atom is 0.267 e. The van der Waals surface area contributed by atoms with E-state index in [1.54, 1.807) is 12.1 Å². The van der Waals surface area contributed by atoms with Crippen molar-refractivity contribution in [2.45, 2.75) is 6.54 Å². The molecule has 0 spiro atoms. The average Bonchev–Trinajstić information content (AvgIpc) is 2.45. The summed E-state index contributed by atoms with van der Waals surface area (Å²) in [5.74, 6) is 4.85. The Hall–Kier alpha value is -2.33. The minimum absolute atomic E-state index is 0.300. The van der Waals surface area contributed by atoms with E-state index in [2.05, 4.69) is 10.7 Å². The van der Waals surface area contributed by atoms with Gasteiger partial charge in [0.15, 0.2) is 0 Å². The number of amides is 1. The molecule has 2 aromatic carbocycles. The van der Waals surface area contributed by atoms with Crippen LogP contribution >= 0.6 is 0 Å². The quantitative estimate of drug-likeness (QED) is 0.435. The molecule has 0 fully saturated rings. The van der Waals surface area contributed by atoms with E-state index in [0.29, 0.717) is 12.1 Å². The van der Waals surface area contributed by atoms with Crippen molar-refractivity contribution in [1.29, 1.82) is 0 Å². The van der Waals surface area contributed by atoms with Gasteiger partial charge in [0.2, 0.25) is 0 Å². The number of benzene rings is 2. The Morgan fingerprint density at radius 1 is 1.00 bits per heavy atom. The molecule has 0 aromatic heterocycles. The molecule has 0 unspecified atom stereocenters. The first-order chi connectivity index (χ1) is 8.81. The van der Waals surface area contributed by atoms with Gasteiger partial charge in [0.25, 0.3) is 5.91 Å². The number of nitrogens with one attached hydrogen (secondary N) is 2. The van der Waals surface area contributed by atoms with Crippen LogP contribution in [0.1, 0.15) is 15.9 Å². The van der Waals surface area contributed by atoms with E-state index >= 15 is 0 Å². The first kappa shape index (κ1) is 12.1. The summed E-state index contributed by atoms with van der Waals surface area (Å²) < 4.78 is 0. The molecule has 0 aliphatic heterocycles. The molecule has 4 heteroatoms. The normalized spacial score (nSPS) is 9.83. The molecule has 0 radical (unpaired) electrons. The van der Waals surface area contributed by atoms with Gasteiger partial charge in [-0.3, -0.25) is 10.2 Å². The maximum absolute atomic E-state index is 11.6. The highest BCUT2D eigenvalue weighted by Gasteiger charge is 2.08. The first-order valence-corrected chi connectivity index (χ1v) is 5.69. The molecule has 18 heavy (non-hydrogen) atoms. The molecule has 4 nitrogen and oxygen atoms in total. The summed E-state index contributed by atoms with van der Waals surface area (Å²) in [5, 5.41) is 3.23. The third-order valence-corrected chi connectivity index (χ3v) is 2.63. The summed E-state index contributed by atoms with van der Waals surface area (Å²) >= 11 is 0. The summed E-state index contributed by atoms with van der Waals surface area (Å²) in [6.45, 7) is 0.662. The number of rotatable bonds is 4. The topological polar surface area (TPSA) is 67.1 Å². The number of carbonyl (C=O) groups excluding carboxylic acids is 1. The van der Waals surface area contributed by atoms with E-state index in [0.717, 1.165) is 11.3 Å². The molecular weight excluding hydrogens is 226 g/mol. The number of hydrazine groups is 1. The van der Waals surface area contributed by atoms with E-state index in [4.69, 9.17) is 5.84 Å². The lowest BCUT2D eigenvalue weighted by molar-refractivity contribution is 0.0954. The fourth-order valence-corrected chi connectivity index (χ4v) is 1.71. The van der Waals surface area contributed by atoms with Crippen molar-refractivity contribution in [3.05, 3.63) is 65.7 Å². The number of para-hydroxylation sites is 1. The predicted octanol–water partition coefficient (Wildman–Crippen LogP) is 1.90. The Kier molecular flexibility index (Phi) is 3.94. The zero-order valence-electron chi connectivity index (χ0n) is 9.89. The fraction of sp³-hybridized carbons (Fsp3) is 0.0714. The van der Waals surface area contributed by atoms with Crippen molar-refractivity contribution in [2.24, 2.45) is 5.84 Å². The largest absolute Gasteiger partial charge is 0.380 e. The minimum Gasteiger partial charge on any atom is -0.380 e. The van der Waals surface area contributed by atoms with Gasteiger partial charge in [0.1, 0.15) is 0 Å². The number of nitrogen functional groups attached to an aromatic ring is 1. The number of carbonyl (C=O) groups is 1. The van der Waals surface area contributed by atoms with Gasteiger partial charge in [0.05, 0.1) is 5.56 Å². The lowest BCUT2D eigenvalue weighted by Gasteiger charge is -2.10. The highest BCUT2D eigenvalue weighted by atomic mass is 16.2. The Morgan fingerprint density at radius 3 is 2.39 bits per heavy atom. The molecule has 0 aliphatic carbocycles. The highest BCUT2D eigenvalue weighted by molar-refractivity contribution is 5.99.